The number of aryl methyl sites for hydroxylation is 1. The van der Waals surface area contributed by atoms with E-state index in [-0.39, 0.29) is 11.5 Å². The molecule has 0 spiro atoms. The molecule has 1 aromatic heterocycles. The molecule has 0 aliphatic heterocycles. The van der Waals surface area contributed by atoms with E-state index in [1.807, 2.05) is 43.3 Å². The second kappa shape index (κ2) is 5.97. The van der Waals surface area contributed by atoms with E-state index in [2.05, 4.69) is 15.5 Å². The van der Waals surface area contributed by atoms with Crippen LogP contribution in [0.2, 0.25) is 0 Å². The number of aromatic nitrogens is 2. The number of amides is 1. The lowest BCUT2D eigenvalue weighted by Crippen LogP contribution is -2.08. The van der Waals surface area contributed by atoms with Gasteiger partial charge in [-0.25, -0.2) is 5.10 Å². The first-order valence-corrected chi connectivity index (χ1v) is 6.16. The first-order valence-electron chi connectivity index (χ1n) is 6.16. The molecule has 1 heterocycles. The minimum absolute atomic E-state index is 0.0960. The number of anilines is 1. The molecular weight excluding hydrogens is 254 g/mol. The van der Waals surface area contributed by atoms with Crippen LogP contribution in [0.4, 0.5) is 5.69 Å². The van der Waals surface area contributed by atoms with E-state index >= 15 is 0 Å². The third kappa shape index (κ3) is 3.65. The molecule has 0 unspecified atom stereocenters. The van der Waals surface area contributed by atoms with Gasteiger partial charge in [-0.1, -0.05) is 18.2 Å². The zero-order valence-electron chi connectivity index (χ0n) is 11.3. The molecule has 1 aromatic carbocycles. The zero-order chi connectivity index (χ0) is 14.5. The molecular formula is C15H15N3O2. The second-order valence-electron chi connectivity index (χ2n) is 4.44. The van der Waals surface area contributed by atoms with Crippen molar-refractivity contribution in [3.8, 4) is 0 Å². The van der Waals surface area contributed by atoms with Gasteiger partial charge in [-0.2, -0.15) is 5.10 Å². The fraction of sp³-hybridized carbons (Fsp3) is 0.133. The average Bonchev–Trinajstić information content (AvgIpc) is 2.39. The summed E-state index contributed by atoms with van der Waals surface area (Å²) in [7, 11) is 0. The molecule has 0 saturated carbocycles. The number of nitrogens with one attached hydrogen (secondary N) is 2. The van der Waals surface area contributed by atoms with Crippen molar-refractivity contribution in [2.75, 3.05) is 5.32 Å². The fourth-order valence-corrected chi connectivity index (χ4v) is 1.73. The Morgan fingerprint density at radius 1 is 1.25 bits per heavy atom. The summed E-state index contributed by atoms with van der Waals surface area (Å²) in [5.41, 5.74) is 3.06. The minimum atomic E-state index is -0.209. The Morgan fingerprint density at radius 3 is 2.55 bits per heavy atom. The minimum Gasteiger partial charge on any atom is -0.326 e. The predicted octanol–water partition coefficient (Wildman–Crippen LogP) is 2.21. The van der Waals surface area contributed by atoms with Crippen LogP contribution in [0.15, 0.2) is 35.1 Å². The van der Waals surface area contributed by atoms with Gasteiger partial charge in [0.1, 0.15) is 0 Å². The standard InChI is InChI=1S/C15H15N3O2/c1-10-9-15(20)18-17-14(10)8-5-12-3-6-13(7-4-12)16-11(2)19/h3-9H,1-2H3,(H,16,19)(H,18,20)/b8-5+. The molecule has 5 heteroatoms. The van der Waals surface area contributed by atoms with Crippen LogP contribution < -0.4 is 10.9 Å². The van der Waals surface area contributed by atoms with Crippen LogP contribution in [-0.4, -0.2) is 16.1 Å². The third-order valence-electron chi connectivity index (χ3n) is 2.70. The first-order chi connectivity index (χ1) is 9.54. The van der Waals surface area contributed by atoms with Crippen LogP contribution in [0, 0.1) is 6.92 Å². The SMILES string of the molecule is CC(=O)Nc1ccc(/C=C/c2n[nH]c(=O)cc2C)cc1. The Kier molecular flexibility index (Phi) is 4.10. The summed E-state index contributed by atoms with van der Waals surface area (Å²) in [6.45, 7) is 3.31. The molecule has 20 heavy (non-hydrogen) atoms. The average molecular weight is 269 g/mol. The number of benzene rings is 1. The molecule has 2 rings (SSSR count). The molecule has 1 amide bonds. The van der Waals surface area contributed by atoms with Gasteiger partial charge >= 0.3 is 0 Å². The highest BCUT2D eigenvalue weighted by Crippen LogP contribution is 2.12. The second-order valence-corrected chi connectivity index (χ2v) is 4.44. The van der Waals surface area contributed by atoms with Crippen molar-refractivity contribution >= 4 is 23.7 Å². The zero-order valence-corrected chi connectivity index (χ0v) is 11.3. The van der Waals surface area contributed by atoms with Crippen LogP contribution in [0.1, 0.15) is 23.7 Å². The Labute approximate surface area is 116 Å². The van der Waals surface area contributed by atoms with Crippen molar-refractivity contribution in [2.24, 2.45) is 0 Å². The molecule has 2 aromatic rings. The molecule has 0 saturated heterocycles. The van der Waals surface area contributed by atoms with Crippen LogP contribution in [-0.2, 0) is 4.79 Å². The van der Waals surface area contributed by atoms with Gasteiger partial charge in [0.25, 0.3) is 5.56 Å². The van der Waals surface area contributed by atoms with E-state index in [0.29, 0.717) is 0 Å². The highest BCUT2D eigenvalue weighted by molar-refractivity contribution is 5.88. The molecule has 2 N–H and O–H groups in total. The number of H-pyrrole nitrogens is 1. The summed E-state index contributed by atoms with van der Waals surface area (Å²) in [6.07, 6.45) is 3.73. The number of nitrogens with zero attached hydrogens (tertiary/aromatic N) is 1. The van der Waals surface area contributed by atoms with Crippen molar-refractivity contribution in [3.05, 3.63) is 57.5 Å². The van der Waals surface area contributed by atoms with Gasteiger partial charge < -0.3 is 5.32 Å². The lowest BCUT2D eigenvalue weighted by atomic mass is 10.1. The molecule has 0 bridgehead atoms. The topological polar surface area (TPSA) is 74.8 Å². The highest BCUT2D eigenvalue weighted by Gasteiger charge is 1.97. The largest absolute Gasteiger partial charge is 0.326 e. The number of hydrogen-bond donors (Lipinski definition) is 2. The van der Waals surface area contributed by atoms with Crippen LogP contribution in [0.25, 0.3) is 12.2 Å². The van der Waals surface area contributed by atoms with E-state index in [1.54, 1.807) is 0 Å². The van der Waals surface area contributed by atoms with E-state index in [4.69, 9.17) is 0 Å². The van der Waals surface area contributed by atoms with Crippen LogP contribution in [0.5, 0.6) is 0 Å². The molecule has 5 nitrogen and oxygen atoms in total. The summed E-state index contributed by atoms with van der Waals surface area (Å²) in [4.78, 5) is 22.0. The van der Waals surface area contributed by atoms with Gasteiger partial charge in [0.15, 0.2) is 0 Å². The number of rotatable bonds is 3. The van der Waals surface area contributed by atoms with Gasteiger partial charge in [0.05, 0.1) is 5.69 Å². The normalized spacial score (nSPS) is 10.7. The van der Waals surface area contributed by atoms with E-state index in [1.165, 1.54) is 13.0 Å². The Balaban J connectivity index is 2.15. The Hall–Kier alpha value is -2.69. The van der Waals surface area contributed by atoms with Crippen LogP contribution in [0.3, 0.4) is 0 Å². The smallest absolute Gasteiger partial charge is 0.264 e. The fourth-order valence-electron chi connectivity index (χ4n) is 1.73. The highest BCUT2D eigenvalue weighted by atomic mass is 16.1. The molecule has 0 radical (unpaired) electrons. The van der Waals surface area contributed by atoms with Gasteiger partial charge in [-0.3, -0.25) is 9.59 Å². The van der Waals surface area contributed by atoms with E-state index in [0.717, 1.165) is 22.5 Å². The molecule has 0 atom stereocenters. The molecule has 0 aliphatic carbocycles. The summed E-state index contributed by atoms with van der Waals surface area (Å²) in [6, 6.07) is 8.95. The maximum Gasteiger partial charge on any atom is 0.264 e. The van der Waals surface area contributed by atoms with Crippen molar-refractivity contribution < 1.29 is 4.79 Å². The third-order valence-corrected chi connectivity index (χ3v) is 2.70. The summed E-state index contributed by atoms with van der Waals surface area (Å²) < 4.78 is 0. The Bertz CT molecular complexity index is 700. The lowest BCUT2D eigenvalue weighted by Gasteiger charge is -2.02. The molecule has 0 aliphatic rings. The Morgan fingerprint density at radius 2 is 1.95 bits per heavy atom. The molecule has 0 fully saturated rings. The van der Waals surface area contributed by atoms with Crippen molar-refractivity contribution in [3.63, 3.8) is 0 Å². The molecule has 102 valence electrons. The van der Waals surface area contributed by atoms with Gasteiger partial charge in [-0.15, -0.1) is 0 Å². The number of carbonyl (C=O) groups excluding carboxylic acids is 1. The van der Waals surface area contributed by atoms with Crippen molar-refractivity contribution in [1.29, 1.82) is 0 Å². The monoisotopic (exact) mass is 269 g/mol. The summed E-state index contributed by atoms with van der Waals surface area (Å²) in [5.74, 6) is -0.0960. The summed E-state index contributed by atoms with van der Waals surface area (Å²) in [5, 5.41) is 9.08. The van der Waals surface area contributed by atoms with Crippen molar-refractivity contribution in [1.82, 2.24) is 10.2 Å². The van der Waals surface area contributed by atoms with Gasteiger partial charge in [0, 0.05) is 18.7 Å². The van der Waals surface area contributed by atoms with Gasteiger partial charge in [-0.05, 0) is 36.3 Å². The predicted molar refractivity (Wildman–Crippen MR) is 79.3 cm³/mol. The quantitative estimate of drug-likeness (QED) is 0.897. The van der Waals surface area contributed by atoms with E-state index < -0.39 is 0 Å². The van der Waals surface area contributed by atoms with Crippen molar-refractivity contribution in [2.45, 2.75) is 13.8 Å². The number of aromatic amines is 1. The number of carbonyl (C=O) groups is 1. The maximum atomic E-state index is 11.1. The lowest BCUT2D eigenvalue weighted by molar-refractivity contribution is -0.114. The number of hydrogen-bond acceptors (Lipinski definition) is 3. The van der Waals surface area contributed by atoms with Crippen LogP contribution >= 0.6 is 0 Å². The maximum absolute atomic E-state index is 11.1. The first kappa shape index (κ1) is 13.7. The van der Waals surface area contributed by atoms with E-state index in [9.17, 15) is 9.59 Å². The summed E-state index contributed by atoms with van der Waals surface area (Å²) >= 11 is 0. The van der Waals surface area contributed by atoms with Gasteiger partial charge in [0.2, 0.25) is 5.91 Å².